The smallest absolute Gasteiger partial charge is 0.344 e. The number of halogens is 3. The van der Waals surface area contributed by atoms with Gasteiger partial charge in [-0.3, -0.25) is 4.79 Å². The summed E-state index contributed by atoms with van der Waals surface area (Å²) in [6.45, 7) is 0.764. The van der Waals surface area contributed by atoms with E-state index in [9.17, 15) is 22.8 Å². The van der Waals surface area contributed by atoms with Crippen LogP contribution in [0.1, 0.15) is 6.92 Å². The van der Waals surface area contributed by atoms with Crippen molar-refractivity contribution in [3.8, 4) is 5.75 Å². The Labute approximate surface area is 141 Å². The van der Waals surface area contributed by atoms with Crippen LogP contribution in [-0.4, -0.2) is 24.6 Å². The molecule has 0 aliphatic carbocycles. The summed E-state index contributed by atoms with van der Waals surface area (Å²) in [5, 5.41) is 2.12. The summed E-state index contributed by atoms with van der Waals surface area (Å²) in [5.74, 6) is -3.45. The second kappa shape index (κ2) is 8.18. The Bertz CT molecular complexity index is 765. The second-order valence-corrected chi connectivity index (χ2v) is 4.99. The third-order valence-electron chi connectivity index (χ3n) is 3.03. The number of anilines is 1. The molecule has 0 fully saturated rings. The zero-order valence-corrected chi connectivity index (χ0v) is 13.1. The molecule has 0 aliphatic heterocycles. The zero-order chi connectivity index (χ0) is 18.4. The van der Waals surface area contributed by atoms with Gasteiger partial charge in [-0.2, -0.15) is 0 Å². The van der Waals surface area contributed by atoms with Crippen LogP contribution in [0.2, 0.25) is 0 Å². The van der Waals surface area contributed by atoms with Crippen molar-refractivity contribution in [1.29, 1.82) is 0 Å². The van der Waals surface area contributed by atoms with Gasteiger partial charge in [0, 0.05) is 6.07 Å². The van der Waals surface area contributed by atoms with E-state index in [2.05, 4.69) is 5.32 Å². The number of hydrogen-bond acceptors (Lipinski definition) is 4. The van der Waals surface area contributed by atoms with Gasteiger partial charge in [-0.05, 0) is 43.3 Å². The average molecular weight is 353 g/mol. The molecule has 2 aromatic rings. The molecule has 132 valence electrons. The molecular formula is C17H14F3NO4. The highest BCUT2D eigenvalue weighted by atomic mass is 19.1. The van der Waals surface area contributed by atoms with Crippen molar-refractivity contribution in [3.05, 3.63) is 59.9 Å². The third kappa shape index (κ3) is 5.52. The van der Waals surface area contributed by atoms with E-state index in [4.69, 9.17) is 9.47 Å². The number of ether oxygens (including phenoxy) is 2. The SMILES string of the molecule is C[C@H](OC(=O)COc1ccc(F)cc1)C(=O)Nc1cc(F)ccc1F. The first kappa shape index (κ1) is 18.3. The van der Waals surface area contributed by atoms with E-state index in [-0.39, 0.29) is 11.4 Å². The lowest BCUT2D eigenvalue weighted by Crippen LogP contribution is -2.32. The van der Waals surface area contributed by atoms with E-state index in [0.717, 1.165) is 30.3 Å². The number of nitrogens with one attached hydrogen (secondary N) is 1. The van der Waals surface area contributed by atoms with Crippen molar-refractivity contribution in [1.82, 2.24) is 0 Å². The fourth-order valence-corrected chi connectivity index (χ4v) is 1.79. The van der Waals surface area contributed by atoms with Gasteiger partial charge >= 0.3 is 5.97 Å². The number of hydrogen-bond donors (Lipinski definition) is 1. The van der Waals surface area contributed by atoms with Gasteiger partial charge in [0.1, 0.15) is 23.2 Å². The predicted molar refractivity (Wildman–Crippen MR) is 82.4 cm³/mol. The highest BCUT2D eigenvalue weighted by Gasteiger charge is 2.19. The molecule has 1 amide bonds. The molecular weight excluding hydrogens is 339 g/mol. The minimum absolute atomic E-state index is 0.247. The number of rotatable bonds is 6. The average Bonchev–Trinajstić information content (AvgIpc) is 2.57. The first-order chi connectivity index (χ1) is 11.8. The van der Waals surface area contributed by atoms with Crippen molar-refractivity contribution >= 4 is 17.6 Å². The van der Waals surface area contributed by atoms with E-state index in [1.165, 1.54) is 19.1 Å². The number of benzene rings is 2. The zero-order valence-electron chi connectivity index (χ0n) is 13.1. The Morgan fingerprint density at radius 1 is 1.04 bits per heavy atom. The van der Waals surface area contributed by atoms with Gasteiger partial charge in [-0.15, -0.1) is 0 Å². The van der Waals surface area contributed by atoms with Crippen LogP contribution in [0.25, 0.3) is 0 Å². The van der Waals surface area contributed by atoms with Crippen molar-refractivity contribution in [2.24, 2.45) is 0 Å². The molecule has 0 heterocycles. The molecule has 2 aromatic carbocycles. The standard InChI is InChI=1S/C17H14F3NO4/c1-10(17(23)21-15-8-12(19)4-7-14(15)20)25-16(22)9-24-13-5-2-11(18)3-6-13/h2-8,10H,9H2,1H3,(H,21,23)/t10-/m0/s1. The summed E-state index contributed by atoms with van der Waals surface area (Å²) < 4.78 is 49.2. The van der Waals surface area contributed by atoms with Gasteiger partial charge in [0.2, 0.25) is 0 Å². The lowest BCUT2D eigenvalue weighted by molar-refractivity contribution is -0.155. The summed E-state index contributed by atoms with van der Waals surface area (Å²) in [5.41, 5.74) is -0.365. The Hall–Kier alpha value is -3.03. The minimum Gasteiger partial charge on any atom is -0.482 e. The molecule has 8 heteroatoms. The third-order valence-corrected chi connectivity index (χ3v) is 3.03. The molecule has 25 heavy (non-hydrogen) atoms. The monoisotopic (exact) mass is 353 g/mol. The van der Waals surface area contributed by atoms with E-state index >= 15 is 0 Å². The van der Waals surface area contributed by atoms with Crippen LogP contribution in [0.5, 0.6) is 5.75 Å². The maximum atomic E-state index is 13.5. The molecule has 0 aliphatic rings. The van der Waals surface area contributed by atoms with Crippen LogP contribution in [0.4, 0.5) is 18.9 Å². The highest BCUT2D eigenvalue weighted by molar-refractivity contribution is 5.95. The van der Waals surface area contributed by atoms with Crippen LogP contribution in [0.15, 0.2) is 42.5 Å². The Morgan fingerprint density at radius 2 is 1.68 bits per heavy atom. The van der Waals surface area contributed by atoms with E-state index in [0.29, 0.717) is 0 Å². The van der Waals surface area contributed by atoms with Crippen LogP contribution >= 0.6 is 0 Å². The number of esters is 1. The molecule has 2 rings (SSSR count). The van der Waals surface area contributed by atoms with Gasteiger partial charge in [-0.1, -0.05) is 0 Å². The molecule has 1 N–H and O–H groups in total. The minimum atomic E-state index is -1.26. The Kier molecular flexibility index (Phi) is 5.99. The van der Waals surface area contributed by atoms with Gasteiger partial charge in [-0.25, -0.2) is 18.0 Å². The van der Waals surface area contributed by atoms with E-state index in [1.807, 2.05) is 0 Å². The molecule has 0 saturated carbocycles. The number of carbonyl (C=O) groups is 2. The summed E-state index contributed by atoms with van der Waals surface area (Å²) in [7, 11) is 0. The van der Waals surface area contributed by atoms with Gasteiger partial charge in [0.25, 0.3) is 5.91 Å². The molecule has 0 aromatic heterocycles. The summed E-state index contributed by atoms with van der Waals surface area (Å²) >= 11 is 0. The molecule has 1 atom stereocenters. The number of carbonyl (C=O) groups excluding carboxylic acids is 2. The lowest BCUT2D eigenvalue weighted by atomic mass is 10.2. The Balaban J connectivity index is 1.84. The fraction of sp³-hybridized carbons (Fsp3) is 0.176. The van der Waals surface area contributed by atoms with Crippen molar-refractivity contribution < 1.29 is 32.2 Å². The first-order valence-electron chi connectivity index (χ1n) is 7.19. The van der Waals surface area contributed by atoms with Gasteiger partial charge in [0.05, 0.1) is 5.69 Å². The lowest BCUT2D eigenvalue weighted by Gasteiger charge is -2.14. The summed E-state index contributed by atoms with van der Waals surface area (Å²) in [6, 6.07) is 7.53. The van der Waals surface area contributed by atoms with Gasteiger partial charge in [0.15, 0.2) is 12.7 Å². The van der Waals surface area contributed by atoms with E-state index in [1.54, 1.807) is 0 Å². The van der Waals surface area contributed by atoms with E-state index < -0.39 is 42.0 Å². The summed E-state index contributed by atoms with van der Waals surface area (Å²) in [4.78, 5) is 23.5. The first-order valence-corrected chi connectivity index (χ1v) is 7.19. The molecule has 5 nitrogen and oxygen atoms in total. The second-order valence-electron chi connectivity index (χ2n) is 4.99. The molecule has 0 saturated heterocycles. The summed E-state index contributed by atoms with van der Waals surface area (Å²) in [6.07, 6.45) is -1.26. The van der Waals surface area contributed by atoms with Crippen LogP contribution in [-0.2, 0) is 14.3 Å². The fourth-order valence-electron chi connectivity index (χ4n) is 1.79. The molecule has 0 radical (unpaired) electrons. The van der Waals surface area contributed by atoms with Crippen molar-refractivity contribution in [2.45, 2.75) is 13.0 Å². The largest absolute Gasteiger partial charge is 0.482 e. The quantitative estimate of drug-likeness (QED) is 0.811. The van der Waals surface area contributed by atoms with Gasteiger partial charge < -0.3 is 14.8 Å². The van der Waals surface area contributed by atoms with Crippen LogP contribution < -0.4 is 10.1 Å². The van der Waals surface area contributed by atoms with Crippen molar-refractivity contribution in [2.75, 3.05) is 11.9 Å². The van der Waals surface area contributed by atoms with Crippen molar-refractivity contribution in [3.63, 3.8) is 0 Å². The predicted octanol–water partition coefficient (Wildman–Crippen LogP) is 3.05. The Morgan fingerprint density at radius 3 is 2.36 bits per heavy atom. The highest BCUT2D eigenvalue weighted by Crippen LogP contribution is 2.16. The van der Waals surface area contributed by atoms with Crippen LogP contribution in [0, 0.1) is 17.5 Å². The van der Waals surface area contributed by atoms with Crippen LogP contribution in [0.3, 0.4) is 0 Å². The maximum Gasteiger partial charge on any atom is 0.344 e. The molecule has 0 bridgehead atoms. The maximum absolute atomic E-state index is 13.5. The topological polar surface area (TPSA) is 64.6 Å². The number of amides is 1. The molecule has 0 unspecified atom stereocenters. The molecule has 0 spiro atoms. The normalized spacial score (nSPS) is 11.5.